The van der Waals surface area contributed by atoms with Gasteiger partial charge < -0.3 is 4.74 Å². The molecular formula is C16H18FNO2. The molecule has 0 spiro atoms. The molecule has 106 valence electrons. The quantitative estimate of drug-likeness (QED) is 0.777. The zero-order valence-electron chi connectivity index (χ0n) is 11.5. The first-order valence-electron chi connectivity index (χ1n) is 7.03. The summed E-state index contributed by atoms with van der Waals surface area (Å²) in [7, 11) is 0. The zero-order valence-corrected chi connectivity index (χ0v) is 11.5. The Balaban J connectivity index is 1.69. The van der Waals surface area contributed by atoms with Crippen molar-refractivity contribution >= 4 is 11.5 Å². The predicted octanol–water partition coefficient (Wildman–Crippen LogP) is 2.62. The molecule has 0 radical (unpaired) electrons. The molecule has 1 fully saturated rings. The van der Waals surface area contributed by atoms with E-state index >= 15 is 0 Å². The van der Waals surface area contributed by atoms with Crippen LogP contribution in [0.4, 0.5) is 4.39 Å². The number of hydrogen-bond acceptors (Lipinski definition) is 3. The summed E-state index contributed by atoms with van der Waals surface area (Å²) in [6.45, 7) is 3.52. The predicted molar refractivity (Wildman–Crippen MR) is 74.5 cm³/mol. The van der Waals surface area contributed by atoms with Crippen molar-refractivity contribution in [2.75, 3.05) is 13.1 Å². The van der Waals surface area contributed by atoms with E-state index < -0.39 is 0 Å². The molecule has 4 heteroatoms. The minimum Gasteiger partial charge on any atom is -0.461 e. The first-order valence-corrected chi connectivity index (χ1v) is 7.03. The van der Waals surface area contributed by atoms with Gasteiger partial charge in [0, 0.05) is 19.5 Å². The van der Waals surface area contributed by atoms with E-state index in [0.717, 1.165) is 31.5 Å². The highest BCUT2D eigenvalue weighted by atomic mass is 19.1. The summed E-state index contributed by atoms with van der Waals surface area (Å²) < 4.78 is 18.1. The third-order valence-corrected chi connectivity index (χ3v) is 4.04. The molecule has 1 saturated heterocycles. The first kappa shape index (κ1) is 13.3. The Morgan fingerprint density at radius 3 is 2.60 bits per heavy atom. The van der Waals surface area contributed by atoms with Gasteiger partial charge in [-0.2, -0.15) is 0 Å². The molecule has 1 aromatic rings. The van der Waals surface area contributed by atoms with Crippen LogP contribution in [0.1, 0.15) is 25.3 Å². The van der Waals surface area contributed by atoms with Gasteiger partial charge in [-0.05, 0) is 36.6 Å². The van der Waals surface area contributed by atoms with Crippen molar-refractivity contribution in [1.29, 1.82) is 0 Å². The SMILES string of the molecule is C[C@@H]1C[C@@H](N2CC=C(c3ccc(F)cc3)CC2)C(=O)O1. The van der Waals surface area contributed by atoms with Crippen LogP contribution in [-0.4, -0.2) is 36.1 Å². The lowest BCUT2D eigenvalue weighted by molar-refractivity contribution is -0.144. The highest BCUT2D eigenvalue weighted by molar-refractivity contribution is 5.78. The maximum Gasteiger partial charge on any atom is 0.323 e. The second-order valence-electron chi connectivity index (χ2n) is 5.48. The van der Waals surface area contributed by atoms with E-state index in [1.54, 1.807) is 0 Å². The molecule has 0 bridgehead atoms. The second kappa shape index (κ2) is 5.37. The van der Waals surface area contributed by atoms with E-state index in [0.29, 0.717) is 0 Å². The summed E-state index contributed by atoms with van der Waals surface area (Å²) in [6.07, 6.45) is 3.81. The molecule has 0 aliphatic carbocycles. The molecule has 2 heterocycles. The number of hydrogen-bond donors (Lipinski definition) is 0. The molecule has 0 aromatic heterocycles. The number of halogens is 1. The maximum atomic E-state index is 12.9. The Hall–Kier alpha value is -1.68. The fourth-order valence-electron chi connectivity index (χ4n) is 2.93. The van der Waals surface area contributed by atoms with Crippen LogP contribution < -0.4 is 0 Å². The number of rotatable bonds is 2. The molecular weight excluding hydrogens is 257 g/mol. The van der Waals surface area contributed by atoms with E-state index in [9.17, 15) is 9.18 Å². The van der Waals surface area contributed by atoms with Crippen LogP contribution in [0, 0.1) is 5.82 Å². The normalized spacial score (nSPS) is 27.3. The molecule has 2 aliphatic rings. The Labute approximate surface area is 118 Å². The van der Waals surface area contributed by atoms with Gasteiger partial charge >= 0.3 is 5.97 Å². The topological polar surface area (TPSA) is 29.5 Å². The summed E-state index contributed by atoms with van der Waals surface area (Å²) in [5.41, 5.74) is 2.29. The van der Waals surface area contributed by atoms with Crippen molar-refractivity contribution in [3.8, 4) is 0 Å². The van der Waals surface area contributed by atoms with Gasteiger partial charge in [-0.15, -0.1) is 0 Å². The monoisotopic (exact) mass is 275 g/mol. The van der Waals surface area contributed by atoms with E-state index in [4.69, 9.17) is 4.74 Å². The minimum absolute atomic E-state index is 0.0231. The highest BCUT2D eigenvalue weighted by Crippen LogP contribution is 2.27. The van der Waals surface area contributed by atoms with Crippen molar-refractivity contribution < 1.29 is 13.9 Å². The van der Waals surface area contributed by atoms with E-state index in [1.165, 1.54) is 17.7 Å². The molecule has 20 heavy (non-hydrogen) atoms. The number of esters is 1. The highest BCUT2D eigenvalue weighted by Gasteiger charge is 2.36. The van der Waals surface area contributed by atoms with Gasteiger partial charge in [-0.3, -0.25) is 9.69 Å². The van der Waals surface area contributed by atoms with Gasteiger partial charge in [-0.25, -0.2) is 4.39 Å². The van der Waals surface area contributed by atoms with Crippen molar-refractivity contribution in [2.24, 2.45) is 0 Å². The van der Waals surface area contributed by atoms with Crippen LogP contribution in [0.5, 0.6) is 0 Å². The van der Waals surface area contributed by atoms with Crippen LogP contribution in [0.15, 0.2) is 30.3 Å². The molecule has 2 atom stereocenters. The standard InChI is InChI=1S/C16H18FNO2/c1-11-10-15(16(19)20-11)18-8-6-13(7-9-18)12-2-4-14(17)5-3-12/h2-6,11,15H,7-10H2,1H3/t11-,15-/m1/s1. The Morgan fingerprint density at radius 2 is 2.05 bits per heavy atom. The van der Waals surface area contributed by atoms with Gasteiger partial charge in [-0.1, -0.05) is 18.2 Å². The molecule has 0 saturated carbocycles. The first-order chi connectivity index (χ1) is 9.63. The third-order valence-electron chi connectivity index (χ3n) is 4.04. The molecule has 0 N–H and O–H groups in total. The van der Waals surface area contributed by atoms with Crippen LogP contribution in [0.2, 0.25) is 0 Å². The fraction of sp³-hybridized carbons (Fsp3) is 0.438. The number of ether oxygens (including phenoxy) is 1. The third kappa shape index (κ3) is 2.61. The van der Waals surface area contributed by atoms with E-state index in [-0.39, 0.29) is 23.9 Å². The summed E-state index contributed by atoms with van der Waals surface area (Å²) in [5, 5.41) is 0. The Kier molecular flexibility index (Phi) is 3.57. The summed E-state index contributed by atoms with van der Waals surface area (Å²) in [5.74, 6) is -0.314. The zero-order chi connectivity index (χ0) is 14.1. The van der Waals surface area contributed by atoms with Gasteiger partial charge in [0.15, 0.2) is 0 Å². The lowest BCUT2D eigenvalue weighted by Crippen LogP contribution is -2.41. The smallest absolute Gasteiger partial charge is 0.323 e. The average Bonchev–Trinajstić information content (AvgIpc) is 2.79. The number of nitrogens with zero attached hydrogens (tertiary/aromatic N) is 1. The van der Waals surface area contributed by atoms with Gasteiger partial charge in [0.1, 0.15) is 18.0 Å². The maximum absolute atomic E-state index is 12.9. The number of carbonyl (C=O) groups is 1. The lowest BCUT2D eigenvalue weighted by Gasteiger charge is -2.29. The van der Waals surface area contributed by atoms with Gasteiger partial charge in [0.25, 0.3) is 0 Å². The Bertz CT molecular complexity index is 538. The van der Waals surface area contributed by atoms with Crippen LogP contribution >= 0.6 is 0 Å². The lowest BCUT2D eigenvalue weighted by atomic mass is 9.98. The summed E-state index contributed by atoms with van der Waals surface area (Å²) in [6, 6.07) is 6.48. The van der Waals surface area contributed by atoms with Crippen LogP contribution in [0.3, 0.4) is 0 Å². The second-order valence-corrected chi connectivity index (χ2v) is 5.48. The molecule has 1 aromatic carbocycles. The molecule has 3 rings (SSSR count). The van der Waals surface area contributed by atoms with Crippen LogP contribution in [-0.2, 0) is 9.53 Å². The van der Waals surface area contributed by atoms with E-state index in [1.807, 2.05) is 19.1 Å². The van der Waals surface area contributed by atoms with Crippen molar-refractivity contribution in [3.63, 3.8) is 0 Å². The molecule has 3 nitrogen and oxygen atoms in total. The average molecular weight is 275 g/mol. The van der Waals surface area contributed by atoms with E-state index in [2.05, 4.69) is 11.0 Å². The summed E-state index contributed by atoms with van der Waals surface area (Å²) in [4.78, 5) is 13.9. The molecule has 0 amide bonds. The van der Waals surface area contributed by atoms with Gasteiger partial charge in [0.2, 0.25) is 0 Å². The Morgan fingerprint density at radius 1 is 1.30 bits per heavy atom. The number of benzene rings is 1. The molecule has 2 aliphatic heterocycles. The molecule has 0 unspecified atom stereocenters. The number of cyclic esters (lactones) is 1. The van der Waals surface area contributed by atoms with Crippen molar-refractivity contribution in [2.45, 2.75) is 31.9 Å². The van der Waals surface area contributed by atoms with Crippen LogP contribution in [0.25, 0.3) is 5.57 Å². The minimum atomic E-state index is -0.213. The van der Waals surface area contributed by atoms with Crippen molar-refractivity contribution in [1.82, 2.24) is 4.90 Å². The summed E-state index contributed by atoms with van der Waals surface area (Å²) >= 11 is 0. The fourth-order valence-corrected chi connectivity index (χ4v) is 2.93. The van der Waals surface area contributed by atoms with Gasteiger partial charge in [0.05, 0.1) is 0 Å². The largest absolute Gasteiger partial charge is 0.461 e. The number of carbonyl (C=O) groups excluding carboxylic acids is 1. The van der Waals surface area contributed by atoms with Crippen molar-refractivity contribution in [3.05, 3.63) is 41.7 Å².